The second-order valence-electron chi connectivity index (χ2n) is 2.76. The zero-order chi connectivity index (χ0) is 14.7. The Hall–Kier alpha value is -1.03. The van der Waals surface area contributed by atoms with Crippen LogP contribution in [0.5, 0.6) is 0 Å². The van der Waals surface area contributed by atoms with Crippen LogP contribution < -0.4 is 0 Å². The minimum Gasteiger partial charge on any atom is -0.237 e. The van der Waals surface area contributed by atoms with E-state index in [9.17, 15) is 0 Å². The maximum Gasteiger partial charge on any atom is 0.190 e. The van der Waals surface area contributed by atoms with E-state index in [1.807, 2.05) is 62.3 Å². The van der Waals surface area contributed by atoms with Gasteiger partial charge in [-0.2, -0.15) is 0 Å². The third-order valence-corrected chi connectivity index (χ3v) is 2.62. The number of fused-ring (bicyclic) bond motifs is 1. The minimum atomic E-state index is 0.778. The zero-order valence-electron chi connectivity index (χ0n) is 13.2. The number of thiazole rings is 1. The highest BCUT2D eigenvalue weighted by Gasteiger charge is 2.04. The van der Waals surface area contributed by atoms with Crippen LogP contribution in [0.25, 0.3) is 10.5 Å². The highest BCUT2D eigenvalue weighted by Crippen LogP contribution is 2.18. The molecule has 0 fully saturated rings. The van der Waals surface area contributed by atoms with Crippen LogP contribution in [0.3, 0.4) is 0 Å². The molecule has 0 N–H and O–H groups in total. The predicted molar refractivity (Wildman–Crippen MR) is 83.5 cm³/mol. The summed E-state index contributed by atoms with van der Waals surface area (Å²) in [6, 6.07) is 0. The van der Waals surface area contributed by atoms with Crippen molar-refractivity contribution >= 4 is 21.8 Å². The summed E-state index contributed by atoms with van der Waals surface area (Å²) in [5, 5.41) is 1.02. The molecule has 0 amide bonds. The molecule has 0 aromatic carbocycles. The Morgan fingerprint density at radius 2 is 1.11 bits per heavy atom. The van der Waals surface area contributed by atoms with E-state index in [0.717, 1.165) is 26.9 Å². The van der Waals surface area contributed by atoms with Crippen LogP contribution >= 0.6 is 11.3 Å². The van der Waals surface area contributed by atoms with Crippen molar-refractivity contribution in [3.05, 3.63) is 16.4 Å². The van der Waals surface area contributed by atoms with Crippen LogP contribution in [0, 0.1) is 20.8 Å². The summed E-state index contributed by atoms with van der Waals surface area (Å²) < 4.78 is 0. The molecule has 0 bridgehead atoms. The minimum absolute atomic E-state index is 0.778. The molecule has 0 spiro atoms. The summed E-state index contributed by atoms with van der Waals surface area (Å²) >= 11 is 1.59. The molecule has 0 unspecified atom stereocenters. The van der Waals surface area contributed by atoms with Gasteiger partial charge >= 0.3 is 0 Å². The van der Waals surface area contributed by atoms with Crippen LogP contribution in [0.2, 0.25) is 0 Å². The van der Waals surface area contributed by atoms with Gasteiger partial charge in [-0.1, -0.05) is 52.9 Å². The Bertz CT molecular complexity index is 397. The van der Waals surface area contributed by atoms with E-state index in [1.165, 1.54) is 0 Å². The molecular formula is C14H27N3S. The average Bonchev–Trinajstić information content (AvgIpc) is 2.76. The van der Waals surface area contributed by atoms with Crippen LogP contribution in [0.4, 0.5) is 0 Å². The third kappa shape index (κ3) is 5.54. The van der Waals surface area contributed by atoms with Crippen LogP contribution in [0.15, 0.2) is 0 Å². The molecule has 2 rings (SSSR count). The fourth-order valence-corrected chi connectivity index (χ4v) is 1.80. The van der Waals surface area contributed by atoms with Crippen LogP contribution in [-0.2, 0) is 0 Å². The fraction of sp³-hybridized carbons (Fsp3) is 0.643. The van der Waals surface area contributed by atoms with Crippen molar-refractivity contribution in [2.45, 2.75) is 62.3 Å². The fourth-order valence-electron chi connectivity index (χ4n) is 1.02. The zero-order valence-corrected chi connectivity index (χ0v) is 14.1. The number of nitrogens with zero attached hydrogens (tertiary/aromatic N) is 3. The lowest BCUT2D eigenvalue weighted by Gasteiger charge is -1.94. The largest absolute Gasteiger partial charge is 0.237 e. The van der Waals surface area contributed by atoms with Crippen LogP contribution in [-0.4, -0.2) is 15.0 Å². The van der Waals surface area contributed by atoms with E-state index in [2.05, 4.69) is 15.0 Å². The first-order valence-electron chi connectivity index (χ1n) is 6.75. The van der Waals surface area contributed by atoms with Gasteiger partial charge in [-0.05, 0) is 20.8 Å². The van der Waals surface area contributed by atoms with Gasteiger partial charge in [-0.25, -0.2) is 15.0 Å². The SMILES string of the molecule is CC.CC.CC.Cc1nc2nc(C)c(C)nc2s1. The van der Waals surface area contributed by atoms with Gasteiger partial charge in [0.25, 0.3) is 0 Å². The van der Waals surface area contributed by atoms with E-state index < -0.39 is 0 Å². The first-order valence-corrected chi connectivity index (χ1v) is 7.57. The summed E-state index contributed by atoms with van der Waals surface area (Å²) in [7, 11) is 0. The molecule has 2 aromatic heterocycles. The van der Waals surface area contributed by atoms with Gasteiger partial charge in [0.05, 0.1) is 16.4 Å². The molecule has 2 heterocycles. The summed E-state index contributed by atoms with van der Waals surface area (Å²) in [6.07, 6.45) is 0. The highest BCUT2D eigenvalue weighted by atomic mass is 32.1. The summed E-state index contributed by atoms with van der Waals surface area (Å²) in [4.78, 5) is 13.9. The number of hydrogen-bond donors (Lipinski definition) is 0. The molecule has 0 aliphatic heterocycles. The average molecular weight is 269 g/mol. The van der Waals surface area contributed by atoms with E-state index in [-0.39, 0.29) is 0 Å². The Balaban J connectivity index is 0. The molecule has 2 aromatic rings. The summed E-state index contributed by atoms with van der Waals surface area (Å²) in [5.41, 5.74) is 2.74. The van der Waals surface area contributed by atoms with Gasteiger partial charge in [0.15, 0.2) is 10.5 Å². The van der Waals surface area contributed by atoms with Gasteiger partial charge in [0, 0.05) is 0 Å². The summed E-state index contributed by atoms with van der Waals surface area (Å²) in [5.74, 6) is 0. The summed E-state index contributed by atoms with van der Waals surface area (Å²) in [6.45, 7) is 17.9. The van der Waals surface area contributed by atoms with Crippen molar-refractivity contribution in [2.24, 2.45) is 0 Å². The lowest BCUT2D eigenvalue weighted by molar-refractivity contribution is 1.09. The molecule has 4 heteroatoms. The molecule has 0 aliphatic rings. The van der Waals surface area contributed by atoms with Crippen molar-refractivity contribution < 1.29 is 0 Å². The lowest BCUT2D eigenvalue weighted by atomic mass is 10.3. The molecule has 0 aliphatic carbocycles. The Morgan fingerprint density at radius 3 is 1.61 bits per heavy atom. The molecule has 104 valence electrons. The first kappa shape index (κ1) is 19.3. The van der Waals surface area contributed by atoms with Crippen LogP contribution in [0.1, 0.15) is 57.9 Å². The van der Waals surface area contributed by atoms with E-state index in [4.69, 9.17) is 0 Å². The van der Waals surface area contributed by atoms with Crippen molar-refractivity contribution in [3.63, 3.8) is 0 Å². The normalized spacial score (nSPS) is 8.28. The standard InChI is InChI=1S/C8H9N3S.3C2H6/c1-4-5(2)10-8-7(9-4)11-6(3)12-8;3*1-2/h1-3H3;3*1-2H3. The molecule has 3 nitrogen and oxygen atoms in total. The molecule has 18 heavy (non-hydrogen) atoms. The van der Waals surface area contributed by atoms with Crippen molar-refractivity contribution in [3.8, 4) is 0 Å². The Labute approximate surface area is 116 Å². The molecule has 0 saturated carbocycles. The number of rotatable bonds is 0. The highest BCUT2D eigenvalue weighted by molar-refractivity contribution is 7.18. The van der Waals surface area contributed by atoms with Gasteiger partial charge in [0.2, 0.25) is 0 Å². The predicted octanol–water partition coefficient (Wildman–Crippen LogP) is 5.09. The molecule has 0 radical (unpaired) electrons. The van der Waals surface area contributed by atoms with E-state index in [1.54, 1.807) is 11.3 Å². The lowest BCUT2D eigenvalue weighted by Crippen LogP contribution is -1.90. The molecule has 0 saturated heterocycles. The van der Waals surface area contributed by atoms with Crippen molar-refractivity contribution in [1.82, 2.24) is 15.0 Å². The smallest absolute Gasteiger partial charge is 0.190 e. The van der Waals surface area contributed by atoms with Crippen molar-refractivity contribution in [2.75, 3.05) is 0 Å². The van der Waals surface area contributed by atoms with Gasteiger partial charge in [-0.15, -0.1) is 0 Å². The number of hydrogen-bond acceptors (Lipinski definition) is 4. The Kier molecular flexibility index (Phi) is 11.9. The third-order valence-electron chi connectivity index (χ3n) is 1.77. The second-order valence-corrected chi connectivity index (χ2v) is 3.94. The number of aromatic nitrogens is 3. The topological polar surface area (TPSA) is 38.7 Å². The maximum absolute atomic E-state index is 4.39. The Morgan fingerprint density at radius 1 is 0.667 bits per heavy atom. The van der Waals surface area contributed by atoms with E-state index >= 15 is 0 Å². The maximum atomic E-state index is 4.39. The first-order chi connectivity index (χ1) is 8.66. The van der Waals surface area contributed by atoms with Gasteiger partial charge in [-0.3, -0.25) is 0 Å². The van der Waals surface area contributed by atoms with Crippen molar-refractivity contribution in [1.29, 1.82) is 0 Å². The van der Waals surface area contributed by atoms with E-state index in [0.29, 0.717) is 0 Å². The second kappa shape index (κ2) is 11.1. The monoisotopic (exact) mass is 269 g/mol. The van der Waals surface area contributed by atoms with Gasteiger partial charge in [0.1, 0.15) is 0 Å². The van der Waals surface area contributed by atoms with Gasteiger partial charge < -0.3 is 0 Å². The molecular weight excluding hydrogens is 242 g/mol. The molecule has 0 atom stereocenters. The number of aryl methyl sites for hydroxylation is 3. The quantitative estimate of drug-likeness (QED) is 0.668.